The minimum atomic E-state index is -4.38. The van der Waals surface area contributed by atoms with Crippen molar-refractivity contribution in [1.82, 2.24) is 15.1 Å². The molecule has 2 atom stereocenters. The average Bonchev–Trinajstić information content (AvgIpc) is 3.25. The quantitative estimate of drug-likeness (QED) is 0.472. The molecule has 0 spiro atoms. The number of nitrogens with zero attached hydrogens (tertiary/aromatic N) is 4. The largest absolute Gasteiger partial charge is 0.416 e. The van der Waals surface area contributed by atoms with Gasteiger partial charge in [0.05, 0.1) is 17.3 Å². The van der Waals surface area contributed by atoms with Crippen LogP contribution < -0.4 is 10.2 Å². The number of halogens is 4. The van der Waals surface area contributed by atoms with Crippen molar-refractivity contribution in [2.75, 3.05) is 37.4 Å². The van der Waals surface area contributed by atoms with Crippen molar-refractivity contribution in [2.45, 2.75) is 45.5 Å². The zero-order chi connectivity index (χ0) is 23.9. The highest BCUT2D eigenvalue weighted by Crippen LogP contribution is 2.36. The van der Waals surface area contributed by atoms with Crippen molar-refractivity contribution in [3.8, 4) is 0 Å². The molecule has 1 N–H and O–H groups in total. The van der Waals surface area contributed by atoms with Gasteiger partial charge in [0.25, 0.3) is 0 Å². The predicted molar refractivity (Wildman–Crippen MR) is 134 cm³/mol. The standard InChI is InChI=1S/C25H30F3N5.ClH/c1-15-20(7-6-8-23(15)25(26,27)28)16(2)29-24-22-13-18(9-10-21(22)17(3)30-31-24)33-12-11-19(14-33)32(4)5;/h6-10,13,16,19H,11-12,14H2,1-5H3,(H,29,31);1H/t16-,19-;/m1./s1. The summed E-state index contributed by atoms with van der Waals surface area (Å²) >= 11 is 0. The number of aryl methyl sites for hydroxylation is 1. The normalized spacial score (nSPS) is 17.2. The van der Waals surface area contributed by atoms with Crippen molar-refractivity contribution in [3.63, 3.8) is 0 Å². The van der Waals surface area contributed by atoms with Gasteiger partial charge in [0.1, 0.15) is 0 Å². The molecule has 0 bridgehead atoms. The Labute approximate surface area is 204 Å². The summed E-state index contributed by atoms with van der Waals surface area (Å²) < 4.78 is 40.2. The summed E-state index contributed by atoms with van der Waals surface area (Å²) in [5.74, 6) is 0.574. The maximum absolute atomic E-state index is 13.4. The molecule has 0 aliphatic carbocycles. The Bertz CT molecular complexity index is 1170. The first-order valence-electron chi connectivity index (χ1n) is 11.2. The molecule has 5 nitrogen and oxygen atoms in total. The van der Waals surface area contributed by atoms with Crippen LogP contribution in [0.4, 0.5) is 24.7 Å². The van der Waals surface area contributed by atoms with Gasteiger partial charge in [-0.1, -0.05) is 18.2 Å². The molecule has 0 radical (unpaired) electrons. The van der Waals surface area contributed by atoms with E-state index in [2.05, 4.69) is 57.6 Å². The van der Waals surface area contributed by atoms with Gasteiger partial charge in [0, 0.05) is 35.6 Å². The first-order chi connectivity index (χ1) is 15.6. The fourth-order valence-electron chi connectivity index (χ4n) is 4.69. The van der Waals surface area contributed by atoms with E-state index in [9.17, 15) is 13.2 Å². The van der Waals surface area contributed by atoms with Gasteiger partial charge in [-0.25, -0.2) is 0 Å². The number of hydrogen-bond acceptors (Lipinski definition) is 5. The van der Waals surface area contributed by atoms with E-state index in [0.29, 0.717) is 17.4 Å². The second kappa shape index (κ2) is 9.96. The number of rotatable bonds is 5. The Balaban J connectivity index is 0.00000324. The van der Waals surface area contributed by atoms with Gasteiger partial charge in [0.2, 0.25) is 0 Å². The molecule has 0 unspecified atom stereocenters. The number of anilines is 2. The summed E-state index contributed by atoms with van der Waals surface area (Å²) in [4.78, 5) is 4.62. The van der Waals surface area contributed by atoms with Crippen LogP contribution in [0.5, 0.6) is 0 Å². The number of fused-ring (bicyclic) bond motifs is 1. The Morgan fingerprint density at radius 2 is 1.82 bits per heavy atom. The number of benzene rings is 2. The molecule has 0 amide bonds. The number of aromatic nitrogens is 2. The highest BCUT2D eigenvalue weighted by atomic mass is 35.5. The van der Waals surface area contributed by atoms with E-state index in [4.69, 9.17) is 0 Å². The maximum Gasteiger partial charge on any atom is 0.416 e. The van der Waals surface area contributed by atoms with Gasteiger partial charge >= 0.3 is 6.18 Å². The molecule has 34 heavy (non-hydrogen) atoms. The van der Waals surface area contributed by atoms with Crippen molar-refractivity contribution in [3.05, 3.63) is 58.8 Å². The summed E-state index contributed by atoms with van der Waals surface area (Å²) in [7, 11) is 4.21. The van der Waals surface area contributed by atoms with E-state index in [1.807, 2.05) is 13.8 Å². The molecule has 9 heteroatoms. The molecule has 1 fully saturated rings. The lowest BCUT2D eigenvalue weighted by Gasteiger charge is -2.23. The Hall–Kier alpha value is -2.58. The van der Waals surface area contributed by atoms with E-state index in [1.165, 1.54) is 13.0 Å². The molecule has 1 aliphatic heterocycles. The van der Waals surface area contributed by atoms with Gasteiger partial charge in [-0.3, -0.25) is 0 Å². The molecule has 0 saturated carbocycles. The molecule has 2 heterocycles. The number of nitrogens with one attached hydrogen (secondary N) is 1. The smallest absolute Gasteiger partial charge is 0.370 e. The minimum absolute atomic E-state index is 0. The molecule has 4 rings (SSSR count). The van der Waals surface area contributed by atoms with Crippen LogP contribution in [0.25, 0.3) is 10.8 Å². The third-order valence-electron chi connectivity index (χ3n) is 6.71. The van der Waals surface area contributed by atoms with Crippen LogP contribution in [0.15, 0.2) is 36.4 Å². The molecule has 1 aliphatic rings. The van der Waals surface area contributed by atoms with Crippen molar-refractivity contribution in [1.29, 1.82) is 0 Å². The van der Waals surface area contributed by atoms with Crippen LogP contribution in [0.2, 0.25) is 0 Å². The zero-order valence-electron chi connectivity index (χ0n) is 20.1. The minimum Gasteiger partial charge on any atom is -0.370 e. The van der Waals surface area contributed by atoms with E-state index in [-0.39, 0.29) is 24.0 Å². The van der Waals surface area contributed by atoms with Gasteiger partial charge in [-0.15, -0.1) is 17.5 Å². The highest BCUT2D eigenvalue weighted by Gasteiger charge is 2.33. The number of likely N-dealkylation sites (N-methyl/N-ethyl adjacent to an activating group) is 1. The Kier molecular flexibility index (Phi) is 7.62. The van der Waals surface area contributed by atoms with E-state index >= 15 is 0 Å². The summed E-state index contributed by atoms with van der Waals surface area (Å²) in [5, 5.41) is 13.9. The number of alkyl halides is 3. The van der Waals surface area contributed by atoms with Gasteiger partial charge in [-0.2, -0.15) is 18.3 Å². The Morgan fingerprint density at radius 1 is 1.09 bits per heavy atom. The van der Waals surface area contributed by atoms with Crippen molar-refractivity contribution >= 4 is 34.7 Å². The molecule has 184 valence electrons. The van der Waals surface area contributed by atoms with Crippen molar-refractivity contribution < 1.29 is 13.2 Å². The lowest BCUT2D eigenvalue weighted by atomic mass is 9.97. The van der Waals surface area contributed by atoms with E-state index < -0.39 is 11.7 Å². The average molecular weight is 494 g/mol. The SMILES string of the molecule is Cc1c([C@@H](C)Nc2nnc(C)c3ccc(N4CC[C@@H](N(C)C)C4)cc23)cccc1C(F)(F)F.Cl. The van der Waals surface area contributed by atoms with E-state index in [0.717, 1.165) is 47.7 Å². The molecule has 3 aromatic rings. The van der Waals surface area contributed by atoms with Crippen LogP contribution in [-0.2, 0) is 6.18 Å². The summed E-state index contributed by atoms with van der Waals surface area (Å²) in [6.45, 7) is 7.22. The number of hydrogen-bond donors (Lipinski definition) is 1. The van der Waals surface area contributed by atoms with Crippen LogP contribution in [0, 0.1) is 13.8 Å². The topological polar surface area (TPSA) is 44.3 Å². The second-order valence-corrected chi connectivity index (χ2v) is 9.10. The summed E-state index contributed by atoms with van der Waals surface area (Å²) in [6.07, 6.45) is -3.28. The van der Waals surface area contributed by atoms with Crippen LogP contribution >= 0.6 is 12.4 Å². The lowest BCUT2D eigenvalue weighted by Crippen LogP contribution is -2.31. The van der Waals surface area contributed by atoms with Crippen LogP contribution in [-0.4, -0.2) is 48.3 Å². The Morgan fingerprint density at radius 3 is 2.47 bits per heavy atom. The van der Waals surface area contributed by atoms with Gasteiger partial charge in [-0.05, 0) is 70.6 Å². The molecule has 2 aromatic carbocycles. The van der Waals surface area contributed by atoms with Crippen LogP contribution in [0.1, 0.15) is 41.8 Å². The molecule has 1 saturated heterocycles. The van der Waals surface area contributed by atoms with Crippen LogP contribution in [0.3, 0.4) is 0 Å². The van der Waals surface area contributed by atoms with Gasteiger partial charge < -0.3 is 15.1 Å². The third kappa shape index (κ3) is 5.08. The second-order valence-electron chi connectivity index (χ2n) is 9.10. The fourth-order valence-corrected chi connectivity index (χ4v) is 4.69. The fraction of sp³-hybridized carbons (Fsp3) is 0.440. The lowest BCUT2D eigenvalue weighted by molar-refractivity contribution is -0.138. The van der Waals surface area contributed by atoms with E-state index in [1.54, 1.807) is 6.07 Å². The summed E-state index contributed by atoms with van der Waals surface area (Å²) in [6, 6.07) is 10.7. The first-order valence-corrected chi connectivity index (χ1v) is 11.2. The van der Waals surface area contributed by atoms with Crippen molar-refractivity contribution in [2.24, 2.45) is 0 Å². The third-order valence-corrected chi connectivity index (χ3v) is 6.71. The molecular formula is C25H31ClF3N5. The molecule has 1 aromatic heterocycles. The zero-order valence-corrected chi connectivity index (χ0v) is 20.9. The van der Waals surface area contributed by atoms with Gasteiger partial charge in [0.15, 0.2) is 5.82 Å². The predicted octanol–water partition coefficient (Wildman–Crippen LogP) is 6.00. The highest BCUT2D eigenvalue weighted by molar-refractivity contribution is 5.95. The monoisotopic (exact) mass is 493 g/mol. The summed E-state index contributed by atoms with van der Waals surface area (Å²) in [5.41, 5.74) is 2.13. The maximum atomic E-state index is 13.4. The first kappa shape index (κ1) is 26.0. The molecular weight excluding hydrogens is 463 g/mol.